The second-order valence-electron chi connectivity index (χ2n) is 6.37. The third-order valence-electron chi connectivity index (χ3n) is 4.35. The van der Waals surface area contributed by atoms with Gasteiger partial charge < -0.3 is 10.1 Å². The van der Waals surface area contributed by atoms with E-state index < -0.39 is 17.9 Å². The summed E-state index contributed by atoms with van der Waals surface area (Å²) >= 11 is 7.60. The smallest absolute Gasteiger partial charge is 0.329 e. The molecule has 1 unspecified atom stereocenters. The standard InChI is InChI=1S/C22H24ClNO4S/c1-3-15-8-10-16(11-9-15)20(25)14-28-22(27)19(12-13-29-2)24-21(26)17-6-4-5-7-18(17)23/h4-11,19H,3,12-14H2,1-2H3,(H,24,26). The lowest BCUT2D eigenvalue weighted by molar-refractivity contribution is -0.144. The Kier molecular flexibility index (Phi) is 9.22. The lowest BCUT2D eigenvalue weighted by Crippen LogP contribution is -2.42. The second-order valence-corrected chi connectivity index (χ2v) is 7.76. The number of rotatable bonds is 10. The van der Waals surface area contributed by atoms with Crippen LogP contribution in [0.4, 0.5) is 0 Å². The minimum atomic E-state index is -0.860. The van der Waals surface area contributed by atoms with Crippen molar-refractivity contribution in [2.45, 2.75) is 25.8 Å². The molecule has 0 heterocycles. The van der Waals surface area contributed by atoms with Crippen molar-refractivity contribution in [1.29, 1.82) is 0 Å². The highest BCUT2D eigenvalue weighted by molar-refractivity contribution is 7.98. The van der Waals surface area contributed by atoms with E-state index in [2.05, 4.69) is 5.32 Å². The van der Waals surface area contributed by atoms with E-state index in [9.17, 15) is 14.4 Å². The predicted octanol–water partition coefficient (Wildman–Crippen LogP) is 4.18. The SMILES string of the molecule is CCc1ccc(C(=O)COC(=O)C(CCSC)NC(=O)c2ccccc2Cl)cc1. The van der Waals surface area contributed by atoms with Crippen LogP contribution in [0.5, 0.6) is 0 Å². The number of amides is 1. The minimum Gasteiger partial charge on any atom is -0.456 e. The van der Waals surface area contributed by atoms with Gasteiger partial charge in [0.25, 0.3) is 5.91 Å². The van der Waals surface area contributed by atoms with Gasteiger partial charge in [0.2, 0.25) is 0 Å². The van der Waals surface area contributed by atoms with Crippen molar-refractivity contribution in [1.82, 2.24) is 5.32 Å². The number of benzene rings is 2. The van der Waals surface area contributed by atoms with Crippen molar-refractivity contribution in [3.63, 3.8) is 0 Å². The van der Waals surface area contributed by atoms with E-state index in [4.69, 9.17) is 16.3 Å². The fraction of sp³-hybridized carbons (Fsp3) is 0.318. The molecule has 2 aromatic carbocycles. The molecule has 29 heavy (non-hydrogen) atoms. The van der Waals surface area contributed by atoms with Crippen molar-refractivity contribution < 1.29 is 19.1 Å². The third-order valence-corrected chi connectivity index (χ3v) is 5.32. The molecule has 2 aromatic rings. The van der Waals surface area contributed by atoms with Gasteiger partial charge in [0, 0.05) is 5.56 Å². The van der Waals surface area contributed by atoms with Crippen LogP contribution in [-0.2, 0) is 16.0 Å². The average molecular weight is 434 g/mol. The highest BCUT2D eigenvalue weighted by atomic mass is 35.5. The van der Waals surface area contributed by atoms with Crippen LogP contribution < -0.4 is 5.32 Å². The first-order valence-corrected chi connectivity index (χ1v) is 11.1. The quantitative estimate of drug-likeness (QED) is 0.449. The molecule has 2 rings (SSSR count). The Labute approximate surface area is 180 Å². The first-order valence-electron chi connectivity index (χ1n) is 9.29. The van der Waals surface area contributed by atoms with Gasteiger partial charge in [-0.3, -0.25) is 9.59 Å². The van der Waals surface area contributed by atoms with E-state index in [0.717, 1.165) is 12.0 Å². The molecule has 0 saturated carbocycles. The van der Waals surface area contributed by atoms with E-state index in [1.54, 1.807) is 48.2 Å². The van der Waals surface area contributed by atoms with Crippen LogP contribution in [0.25, 0.3) is 0 Å². The van der Waals surface area contributed by atoms with E-state index in [0.29, 0.717) is 22.8 Å². The van der Waals surface area contributed by atoms with E-state index in [1.165, 1.54) is 0 Å². The number of carbonyl (C=O) groups excluding carboxylic acids is 3. The van der Waals surface area contributed by atoms with Crippen molar-refractivity contribution in [2.75, 3.05) is 18.6 Å². The highest BCUT2D eigenvalue weighted by Crippen LogP contribution is 2.15. The number of ether oxygens (including phenoxy) is 1. The van der Waals surface area contributed by atoms with Crippen LogP contribution in [0.3, 0.4) is 0 Å². The average Bonchev–Trinajstić information content (AvgIpc) is 2.74. The molecule has 5 nitrogen and oxygen atoms in total. The monoisotopic (exact) mass is 433 g/mol. The van der Waals surface area contributed by atoms with Gasteiger partial charge in [-0.05, 0) is 42.5 Å². The molecule has 0 bridgehead atoms. The number of halogens is 1. The Morgan fingerprint density at radius 1 is 1.10 bits per heavy atom. The van der Waals surface area contributed by atoms with Gasteiger partial charge in [-0.2, -0.15) is 11.8 Å². The molecule has 0 aliphatic rings. The Hall–Kier alpha value is -2.31. The molecule has 1 N–H and O–H groups in total. The first kappa shape index (κ1) is 23.0. The first-order chi connectivity index (χ1) is 14.0. The highest BCUT2D eigenvalue weighted by Gasteiger charge is 2.24. The number of hydrogen-bond acceptors (Lipinski definition) is 5. The molecule has 0 aliphatic heterocycles. The summed E-state index contributed by atoms with van der Waals surface area (Å²) in [6.45, 7) is 1.66. The topological polar surface area (TPSA) is 72.5 Å². The molecule has 1 amide bonds. The zero-order valence-corrected chi connectivity index (χ0v) is 18.0. The van der Waals surface area contributed by atoms with Crippen molar-refractivity contribution >= 4 is 41.0 Å². The Bertz CT molecular complexity index is 854. The number of hydrogen-bond donors (Lipinski definition) is 1. The van der Waals surface area contributed by atoms with Gasteiger partial charge in [0.05, 0.1) is 10.6 Å². The molecule has 154 valence electrons. The lowest BCUT2D eigenvalue weighted by Gasteiger charge is -2.17. The number of aryl methyl sites for hydroxylation is 1. The van der Waals surface area contributed by atoms with Gasteiger partial charge in [-0.1, -0.05) is 54.9 Å². The molecular formula is C22H24ClNO4S. The Morgan fingerprint density at radius 3 is 2.41 bits per heavy atom. The summed E-state index contributed by atoms with van der Waals surface area (Å²) in [7, 11) is 0. The van der Waals surface area contributed by atoms with Gasteiger partial charge in [0.1, 0.15) is 6.04 Å². The normalized spacial score (nSPS) is 11.6. The second kappa shape index (κ2) is 11.6. The number of ketones is 1. The maximum Gasteiger partial charge on any atom is 0.329 e. The summed E-state index contributed by atoms with van der Waals surface area (Å²) < 4.78 is 5.20. The van der Waals surface area contributed by atoms with Gasteiger partial charge in [-0.15, -0.1) is 0 Å². The summed E-state index contributed by atoms with van der Waals surface area (Å²) in [6, 6.07) is 12.9. The molecule has 0 saturated heterocycles. The molecule has 0 fully saturated rings. The van der Waals surface area contributed by atoms with Crippen LogP contribution >= 0.6 is 23.4 Å². The van der Waals surface area contributed by atoms with Gasteiger partial charge >= 0.3 is 5.97 Å². The van der Waals surface area contributed by atoms with E-state index >= 15 is 0 Å². The fourth-order valence-electron chi connectivity index (χ4n) is 2.61. The zero-order chi connectivity index (χ0) is 21.2. The zero-order valence-electron chi connectivity index (χ0n) is 16.4. The molecule has 0 radical (unpaired) electrons. The van der Waals surface area contributed by atoms with E-state index in [1.807, 2.05) is 25.3 Å². The summed E-state index contributed by atoms with van der Waals surface area (Å²) in [5.74, 6) is -0.741. The number of nitrogens with one attached hydrogen (secondary N) is 1. The third kappa shape index (κ3) is 6.91. The molecule has 0 aliphatic carbocycles. The van der Waals surface area contributed by atoms with Crippen LogP contribution in [0, 0.1) is 0 Å². The van der Waals surface area contributed by atoms with E-state index in [-0.39, 0.29) is 18.0 Å². The molecule has 0 spiro atoms. The molecule has 1 atom stereocenters. The maximum absolute atomic E-state index is 12.5. The van der Waals surface area contributed by atoms with Crippen molar-refractivity contribution in [3.8, 4) is 0 Å². The minimum absolute atomic E-state index is 0.281. The largest absolute Gasteiger partial charge is 0.456 e. The molecule has 0 aromatic heterocycles. The van der Waals surface area contributed by atoms with Crippen molar-refractivity contribution in [2.24, 2.45) is 0 Å². The predicted molar refractivity (Wildman–Crippen MR) is 117 cm³/mol. The van der Waals surface area contributed by atoms with Crippen LogP contribution in [0.2, 0.25) is 5.02 Å². The van der Waals surface area contributed by atoms with Gasteiger partial charge in [0.15, 0.2) is 12.4 Å². The van der Waals surface area contributed by atoms with Crippen LogP contribution in [-0.4, -0.2) is 42.3 Å². The Balaban J connectivity index is 1.99. The summed E-state index contributed by atoms with van der Waals surface area (Å²) in [6.07, 6.45) is 3.17. The van der Waals surface area contributed by atoms with Crippen LogP contribution in [0.15, 0.2) is 48.5 Å². The molecular weight excluding hydrogens is 410 g/mol. The number of carbonyl (C=O) groups is 3. The summed E-state index contributed by atoms with van der Waals surface area (Å²) in [5.41, 5.74) is 1.89. The Morgan fingerprint density at radius 2 is 1.79 bits per heavy atom. The van der Waals surface area contributed by atoms with Crippen molar-refractivity contribution in [3.05, 3.63) is 70.2 Å². The van der Waals surface area contributed by atoms with Crippen LogP contribution in [0.1, 0.15) is 39.6 Å². The van der Waals surface area contributed by atoms with Gasteiger partial charge in [-0.25, -0.2) is 4.79 Å². The lowest BCUT2D eigenvalue weighted by atomic mass is 10.1. The number of thioether (sulfide) groups is 1. The number of esters is 1. The maximum atomic E-state index is 12.5. The summed E-state index contributed by atoms with van der Waals surface area (Å²) in [5, 5.41) is 2.96. The number of Topliss-reactive ketones (excluding diaryl/α,β-unsaturated/α-hetero) is 1. The fourth-order valence-corrected chi connectivity index (χ4v) is 3.31. The molecule has 7 heteroatoms. The summed E-state index contributed by atoms with van der Waals surface area (Å²) in [4.78, 5) is 37.3.